The number of rotatable bonds is 5. The molecule has 0 saturated heterocycles. The Morgan fingerprint density at radius 3 is 0.979 bits per heavy atom. The molecule has 0 heterocycles. The highest BCUT2D eigenvalue weighted by atomic mass is 19.4. The first-order valence-corrected chi connectivity index (χ1v) is 15.2. The molecule has 0 aromatic heterocycles. The van der Waals surface area contributed by atoms with E-state index in [1.54, 1.807) is 0 Å². The molecule has 0 spiro atoms. The van der Waals surface area contributed by atoms with Crippen molar-refractivity contribution in [1.82, 2.24) is 0 Å². The van der Waals surface area contributed by atoms with Crippen molar-refractivity contribution in [2.75, 3.05) is 22.9 Å². The number of benzene rings is 5. The molecule has 0 fully saturated rings. The van der Waals surface area contributed by atoms with E-state index in [4.69, 9.17) is 22.9 Å². The quantitative estimate of drug-likeness (QED) is 0.111. The smallest absolute Gasteiger partial charge is 0.399 e. The molecule has 0 saturated carbocycles. The molecule has 48 heavy (non-hydrogen) atoms. The van der Waals surface area contributed by atoms with Crippen molar-refractivity contribution in [3.05, 3.63) is 119 Å². The van der Waals surface area contributed by atoms with Gasteiger partial charge in [0.2, 0.25) is 0 Å². The third-order valence-electron chi connectivity index (χ3n) is 7.96. The van der Waals surface area contributed by atoms with E-state index in [0.717, 1.165) is 23.5 Å². The average molecular weight is 665 g/mol. The van der Waals surface area contributed by atoms with Crippen molar-refractivity contribution in [2.45, 2.75) is 51.9 Å². The van der Waals surface area contributed by atoms with Gasteiger partial charge in [-0.3, -0.25) is 0 Å². The summed E-state index contributed by atoms with van der Waals surface area (Å²) in [7, 11) is 0. The number of nitrogens with two attached hydrogens (primary N) is 4. The third kappa shape index (κ3) is 8.05. The van der Waals surface area contributed by atoms with Gasteiger partial charge in [0.15, 0.2) is 0 Å². The van der Waals surface area contributed by atoms with Gasteiger partial charge >= 0.3 is 12.4 Å². The van der Waals surface area contributed by atoms with Gasteiger partial charge in [-0.2, -0.15) is 26.3 Å². The molecule has 0 radical (unpaired) electrons. The second kappa shape index (κ2) is 13.9. The van der Waals surface area contributed by atoms with Gasteiger partial charge in [-0.1, -0.05) is 76.2 Å². The molecule has 252 valence electrons. The van der Waals surface area contributed by atoms with Crippen molar-refractivity contribution in [3.63, 3.8) is 0 Å². The Kier molecular flexibility index (Phi) is 10.4. The molecule has 4 nitrogen and oxygen atoms in total. The van der Waals surface area contributed by atoms with Crippen molar-refractivity contribution in [1.29, 1.82) is 0 Å². The maximum atomic E-state index is 12.8. The molecule has 5 aromatic rings. The van der Waals surface area contributed by atoms with Crippen LogP contribution in [0.25, 0.3) is 33.4 Å². The van der Waals surface area contributed by atoms with Crippen molar-refractivity contribution in [2.24, 2.45) is 0 Å². The summed E-state index contributed by atoms with van der Waals surface area (Å²) >= 11 is 0. The Bertz CT molecular complexity index is 1740. The Balaban J connectivity index is 0.000000220. The summed E-state index contributed by atoms with van der Waals surface area (Å²) in [5, 5.41) is 0. The van der Waals surface area contributed by atoms with E-state index in [1.807, 2.05) is 24.3 Å². The number of hydrogen-bond acceptors (Lipinski definition) is 4. The first-order chi connectivity index (χ1) is 22.4. The van der Waals surface area contributed by atoms with Crippen LogP contribution in [0.5, 0.6) is 0 Å². The fraction of sp³-hybridized carbons (Fsp3) is 0.211. The summed E-state index contributed by atoms with van der Waals surface area (Å²) < 4.78 is 76.8. The highest BCUT2D eigenvalue weighted by Crippen LogP contribution is 2.43. The highest BCUT2D eigenvalue weighted by Gasteiger charge is 2.35. The van der Waals surface area contributed by atoms with Gasteiger partial charge in [0, 0.05) is 22.7 Å². The van der Waals surface area contributed by atoms with E-state index in [9.17, 15) is 26.3 Å². The molecule has 0 aliphatic rings. The topological polar surface area (TPSA) is 104 Å². The van der Waals surface area contributed by atoms with Gasteiger partial charge in [-0.15, -0.1) is 0 Å². The molecule has 0 bridgehead atoms. The molecule has 0 amide bonds. The Labute approximate surface area is 276 Å². The minimum atomic E-state index is -4.69. The summed E-state index contributed by atoms with van der Waals surface area (Å²) in [6.07, 6.45) is -9.39. The Hall–Kier alpha value is -5.12. The van der Waals surface area contributed by atoms with E-state index in [1.165, 1.54) is 45.5 Å². The lowest BCUT2D eigenvalue weighted by Gasteiger charge is -2.23. The van der Waals surface area contributed by atoms with Crippen LogP contribution in [0.3, 0.4) is 0 Å². The van der Waals surface area contributed by atoms with Crippen LogP contribution < -0.4 is 22.9 Å². The summed E-state index contributed by atoms with van der Waals surface area (Å²) in [6.45, 7) is 8.99. The van der Waals surface area contributed by atoms with Crippen LogP contribution >= 0.6 is 0 Å². The first-order valence-electron chi connectivity index (χ1n) is 15.2. The molecule has 5 rings (SSSR count). The average Bonchev–Trinajstić information content (AvgIpc) is 3.01. The zero-order valence-electron chi connectivity index (χ0n) is 27.0. The lowest BCUT2D eigenvalue weighted by molar-refractivity contribution is -0.137. The molecule has 10 heteroatoms. The van der Waals surface area contributed by atoms with E-state index in [0.29, 0.717) is 24.0 Å². The van der Waals surface area contributed by atoms with Crippen LogP contribution in [0, 0.1) is 0 Å². The Morgan fingerprint density at radius 1 is 0.417 bits per heavy atom. The maximum Gasteiger partial charge on any atom is 0.418 e. The second-order valence-electron chi connectivity index (χ2n) is 12.1. The summed E-state index contributed by atoms with van der Waals surface area (Å²) in [6, 6.07) is 26.9. The van der Waals surface area contributed by atoms with Crippen LogP contribution in [0.2, 0.25) is 0 Å². The molecular weight excluding hydrogens is 626 g/mol. The molecule has 0 unspecified atom stereocenters. The number of alkyl halides is 6. The third-order valence-corrected chi connectivity index (χ3v) is 7.96. The van der Waals surface area contributed by atoms with Crippen LogP contribution in [-0.4, -0.2) is 0 Å². The van der Waals surface area contributed by atoms with Gasteiger partial charge in [0.05, 0.1) is 11.1 Å². The highest BCUT2D eigenvalue weighted by molar-refractivity contribution is 5.89. The Morgan fingerprint density at radius 2 is 0.708 bits per heavy atom. The fourth-order valence-electron chi connectivity index (χ4n) is 5.48. The normalized spacial score (nSPS) is 11.8. The van der Waals surface area contributed by atoms with E-state index in [-0.39, 0.29) is 11.1 Å². The minimum Gasteiger partial charge on any atom is -0.399 e. The lowest BCUT2D eigenvalue weighted by Crippen LogP contribution is -2.10. The summed E-state index contributed by atoms with van der Waals surface area (Å²) in [4.78, 5) is 0. The number of nitrogen functional groups attached to an aromatic ring is 4. The number of halogens is 6. The van der Waals surface area contributed by atoms with Gasteiger partial charge in [0.25, 0.3) is 0 Å². The zero-order chi connectivity index (χ0) is 35.6. The second-order valence-corrected chi connectivity index (χ2v) is 12.1. The minimum absolute atomic E-state index is 0.0352. The van der Waals surface area contributed by atoms with Crippen LogP contribution in [0.1, 0.15) is 61.8 Å². The maximum absolute atomic E-state index is 12.8. The van der Waals surface area contributed by atoms with Crippen molar-refractivity contribution < 1.29 is 26.3 Å². The molecule has 5 aromatic carbocycles. The predicted molar refractivity (Wildman–Crippen MR) is 185 cm³/mol. The zero-order valence-corrected chi connectivity index (χ0v) is 27.0. The van der Waals surface area contributed by atoms with Gasteiger partial charge in [-0.25, -0.2) is 0 Å². The molecule has 0 aliphatic carbocycles. The van der Waals surface area contributed by atoms with Crippen LogP contribution in [-0.2, 0) is 12.4 Å². The van der Waals surface area contributed by atoms with Crippen LogP contribution in [0.4, 0.5) is 49.1 Å². The number of hydrogen-bond donors (Lipinski definition) is 4. The standard InChI is InChI=1S/C24H28N2.C14H10F6N2/c1-15(2)21-13-14-22(16(3)4)24(18-7-11-20(26)12-8-18)23(21)17-5-9-19(25)10-6-17;15-13(16,17)9-5-7(1-3-11(9)21)8-2-4-12(22)10(6-8)14(18,19)20/h5-16H,25-26H2,1-4H3;1-6H,21-22H2. The van der Waals surface area contributed by atoms with E-state index >= 15 is 0 Å². The largest absolute Gasteiger partial charge is 0.418 e. The molecular formula is C38H38F6N4. The molecule has 0 aliphatic heterocycles. The fourth-order valence-corrected chi connectivity index (χ4v) is 5.48. The van der Waals surface area contributed by atoms with E-state index in [2.05, 4.69) is 64.1 Å². The SMILES string of the molecule is CC(C)c1ccc(C(C)C)c(-c2ccc(N)cc2)c1-c1ccc(N)cc1.Nc1ccc(-c2ccc(N)c(C(F)(F)F)c2)cc1C(F)(F)F. The van der Waals surface area contributed by atoms with Gasteiger partial charge in [0.1, 0.15) is 0 Å². The summed E-state index contributed by atoms with van der Waals surface area (Å²) in [5.41, 5.74) is 28.4. The summed E-state index contributed by atoms with van der Waals surface area (Å²) in [5.74, 6) is 0.854. The number of anilines is 4. The first kappa shape index (κ1) is 35.7. The van der Waals surface area contributed by atoms with Crippen LogP contribution in [0.15, 0.2) is 97.1 Å². The molecule has 0 atom stereocenters. The van der Waals surface area contributed by atoms with Gasteiger partial charge < -0.3 is 22.9 Å². The molecule has 8 N–H and O–H groups in total. The van der Waals surface area contributed by atoms with Gasteiger partial charge in [-0.05, 0) is 105 Å². The van der Waals surface area contributed by atoms with Crippen molar-refractivity contribution >= 4 is 22.7 Å². The predicted octanol–water partition coefficient (Wildman–Crippen LogP) is 11.0. The monoisotopic (exact) mass is 664 g/mol. The van der Waals surface area contributed by atoms with E-state index < -0.39 is 34.9 Å². The lowest BCUT2D eigenvalue weighted by atomic mass is 9.81. The van der Waals surface area contributed by atoms with Crippen molar-refractivity contribution in [3.8, 4) is 33.4 Å².